The summed E-state index contributed by atoms with van der Waals surface area (Å²) < 4.78 is 14.2. The van der Waals surface area contributed by atoms with Gasteiger partial charge in [0.1, 0.15) is 11.6 Å². The Labute approximate surface area is 119 Å². The van der Waals surface area contributed by atoms with Crippen LogP contribution in [0.25, 0.3) is 0 Å². The highest BCUT2D eigenvalue weighted by Crippen LogP contribution is 2.31. The summed E-state index contributed by atoms with van der Waals surface area (Å²) in [6, 6.07) is 3.39. The van der Waals surface area contributed by atoms with Crippen LogP contribution in [0, 0.1) is 12.7 Å². The minimum Gasteiger partial charge on any atom is -0.350 e. The van der Waals surface area contributed by atoms with Crippen LogP contribution in [0.2, 0.25) is 0 Å². The molecule has 0 amide bonds. The number of hydrogen-bond acceptors (Lipinski definition) is 3. The first kappa shape index (κ1) is 12.5. The van der Waals surface area contributed by atoms with Crippen molar-refractivity contribution in [3.63, 3.8) is 0 Å². The largest absolute Gasteiger partial charge is 0.350 e. The van der Waals surface area contributed by atoms with Crippen LogP contribution in [0.15, 0.2) is 29.0 Å². The molecule has 2 heterocycles. The first-order valence-corrected chi connectivity index (χ1v) is 6.94. The molecule has 0 spiro atoms. The maximum atomic E-state index is 13.6. The first-order chi connectivity index (χ1) is 9.16. The van der Waals surface area contributed by atoms with Gasteiger partial charge in [-0.1, -0.05) is 6.07 Å². The van der Waals surface area contributed by atoms with Crippen LogP contribution < -0.4 is 4.90 Å². The van der Waals surface area contributed by atoms with Crippen molar-refractivity contribution in [2.24, 2.45) is 0 Å². The minimum atomic E-state index is -0.212. The van der Waals surface area contributed by atoms with Gasteiger partial charge < -0.3 is 4.90 Å². The van der Waals surface area contributed by atoms with Crippen molar-refractivity contribution >= 4 is 21.7 Å². The lowest BCUT2D eigenvalue weighted by Crippen LogP contribution is -2.32. The lowest BCUT2D eigenvalue weighted by Gasteiger charge is -2.31. The van der Waals surface area contributed by atoms with E-state index in [4.69, 9.17) is 0 Å². The molecule has 1 aliphatic rings. The molecule has 1 aliphatic heterocycles. The Balaban J connectivity index is 1.98. The van der Waals surface area contributed by atoms with E-state index in [0.29, 0.717) is 11.0 Å². The third-order valence-electron chi connectivity index (χ3n) is 3.45. The van der Waals surface area contributed by atoms with Crippen LogP contribution in [0.1, 0.15) is 16.8 Å². The molecule has 3 nitrogen and oxygen atoms in total. The zero-order valence-electron chi connectivity index (χ0n) is 10.5. The van der Waals surface area contributed by atoms with Crippen molar-refractivity contribution in [2.45, 2.75) is 19.9 Å². The fraction of sp³-hybridized carbons (Fsp3) is 0.286. The summed E-state index contributed by atoms with van der Waals surface area (Å²) in [6.45, 7) is 3.48. The average molecular weight is 322 g/mol. The Bertz CT molecular complexity index is 630. The van der Waals surface area contributed by atoms with E-state index in [0.717, 1.165) is 30.0 Å². The average Bonchev–Trinajstić information content (AvgIpc) is 2.43. The summed E-state index contributed by atoms with van der Waals surface area (Å²) in [5.74, 6) is 0.667. The van der Waals surface area contributed by atoms with E-state index in [1.54, 1.807) is 12.4 Å². The molecule has 0 radical (unpaired) electrons. The van der Waals surface area contributed by atoms with Crippen molar-refractivity contribution < 1.29 is 4.39 Å². The topological polar surface area (TPSA) is 29.0 Å². The smallest absolute Gasteiger partial charge is 0.150 e. The molecule has 1 aromatic heterocycles. The maximum absolute atomic E-state index is 13.6. The quantitative estimate of drug-likeness (QED) is 0.807. The number of hydrogen-bond donors (Lipinski definition) is 0. The minimum absolute atomic E-state index is 0.212. The molecular weight excluding hydrogens is 309 g/mol. The molecule has 1 aromatic carbocycles. The van der Waals surface area contributed by atoms with E-state index >= 15 is 0 Å². The Morgan fingerprint density at radius 1 is 1.26 bits per heavy atom. The molecule has 19 heavy (non-hydrogen) atoms. The molecule has 98 valence electrons. The SMILES string of the molecule is Cc1nccnc1N1CCc2ccc(F)c(Br)c2C1. The van der Waals surface area contributed by atoms with Gasteiger partial charge in [-0.25, -0.2) is 9.37 Å². The Morgan fingerprint density at radius 3 is 2.84 bits per heavy atom. The van der Waals surface area contributed by atoms with Crippen LogP contribution in [-0.2, 0) is 13.0 Å². The number of aryl methyl sites for hydroxylation is 1. The van der Waals surface area contributed by atoms with Gasteiger partial charge >= 0.3 is 0 Å². The van der Waals surface area contributed by atoms with Crippen molar-refractivity contribution in [2.75, 3.05) is 11.4 Å². The molecule has 0 bridgehead atoms. The van der Waals surface area contributed by atoms with Crippen LogP contribution >= 0.6 is 15.9 Å². The molecule has 0 N–H and O–H groups in total. The van der Waals surface area contributed by atoms with Gasteiger partial charge in [0.05, 0.1) is 10.2 Å². The molecule has 3 rings (SSSR count). The number of nitrogens with zero attached hydrogens (tertiary/aromatic N) is 3. The molecule has 2 aromatic rings. The predicted molar refractivity (Wildman–Crippen MR) is 75.6 cm³/mol. The third-order valence-corrected chi connectivity index (χ3v) is 4.31. The summed E-state index contributed by atoms with van der Waals surface area (Å²) in [5, 5.41) is 0. The monoisotopic (exact) mass is 321 g/mol. The van der Waals surface area contributed by atoms with Crippen LogP contribution in [-0.4, -0.2) is 16.5 Å². The standard InChI is InChI=1S/C14H13BrFN3/c1-9-14(18-6-5-17-9)19-7-4-10-2-3-12(16)13(15)11(10)8-19/h2-3,5-6H,4,7-8H2,1H3. The lowest BCUT2D eigenvalue weighted by atomic mass is 9.99. The second-order valence-corrected chi connectivity index (χ2v) is 5.43. The predicted octanol–water partition coefficient (Wildman–Crippen LogP) is 3.25. The number of rotatable bonds is 1. The van der Waals surface area contributed by atoms with Gasteiger partial charge in [0, 0.05) is 25.5 Å². The van der Waals surface area contributed by atoms with Crippen molar-refractivity contribution in [1.29, 1.82) is 0 Å². The molecule has 5 heteroatoms. The van der Waals surface area contributed by atoms with Gasteiger partial charge in [0.2, 0.25) is 0 Å². The summed E-state index contributed by atoms with van der Waals surface area (Å²) in [7, 11) is 0. The van der Waals surface area contributed by atoms with Gasteiger partial charge in [0.25, 0.3) is 0 Å². The summed E-state index contributed by atoms with van der Waals surface area (Å²) in [6.07, 6.45) is 4.27. The van der Waals surface area contributed by atoms with Crippen LogP contribution in [0.5, 0.6) is 0 Å². The van der Waals surface area contributed by atoms with Gasteiger partial charge in [-0.2, -0.15) is 0 Å². The van der Waals surface area contributed by atoms with E-state index < -0.39 is 0 Å². The van der Waals surface area contributed by atoms with E-state index in [1.165, 1.54) is 11.6 Å². The summed E-state index contributed by atoms with van der Waals surface area (Å²) >= 11 is 3.35. The van der Waals surface area contributed by atoms with Gasteiger partial charge in [0.15, 0.2) is 0 Å². The second-order valence-electron chi connectivity index (χ2n) is 4.64. The number of benzene rings is 1. The number of aromatic nitrogens is 2. The summed E-state index contributed by atoms with van der Waals surface area (Å²) in [4.78, 5) is 10.8. The zero-order chi connectivity index (χ0) is 13.4. The molecule has 0 unspecified atom stereocenters. The van der Waals surface area contributed by atoms with Gasteiger partial charge in [-0.15, -0.1) is 0 Å². The molecule has 0 atom stereocenters. The summed E-state index contributed by atoms with van der Waals surface area (Å²) in [5.41, 5.74) is 3.11. The molecular formula is C14H13BrFN3. The van der Waals surface area contributed by atoms with E-state index in [-0.39, 0.29) is 5.82 Å². The number of fused-ring (bicyclic) bond motifs is 1. The Hall–Kier alpha value is -1.49. The van der Waals surface area contributed by atoms with Gasteiger partial charge in [-0.3, -0.25) is 4.98 Å². The normalized spacial score (nSPS) is 14.4. The number of halogens is 2. The molecule has 0 aliphatic carbocycles. The Morgan fingerprint density at radius 2 is 2.05 bits per heavy atom. The van der Waals surface area contributed by atoms with Crippen molar-refractivity contribution in [1.82, 2.24) is 9.97 Å². The highest BCUT2D eigenvalue weighted by atomic mass is 79.9. The van der Waals surface area contributed by atoms with Gasteiger partial charge in [-0.05, 0) is 46.5 Å². The third kappa shape index (κ3) is 2.23. The first-order valence-electron chi connectivity index (χ1n) is 6.15. The fourth-order valence-electron chi connectivity index (χ4n) is 2.45. The second kappa shape index (κ2) is 4.89. The van der Waals surface area contributed by atoms with Crippen molar-refractivity contribution in [3.05, 3.63) is 51.6 Å². The fourth-order valence-corrected chi connectivity index (χ4v) is 2.97. The van der Waals surface area contributed by atoms with Crippen LogP contribution in [0.4, 0.5) is 10.2 Å². The molecule has 0 fully saturated rings. The van der Waals surface area contributed by atoms with E-state index in [9.17, 15) is 4.39 Å². The molecule has 0 saturated carbocycles. The highest BCUT2D eigenvalue weighted by molar-refractivity contribution is 9.10. The van der Waals surface area contributed by atoms with Crippen molar-refractivity contribution in [3.8, 4) is 0 Å². The van der Waals surface area contributed by atoms with E-state index in [2.05, 4.69) is 30.8 Å². The number of anilines is 1. The zero-order valence-corrected chi connectivity index (χ0v) is 12.1. The van der Waals surface area contributed by atoms with Crippen LogP contribution in [0.3, 0.4) is 0 Å². The molecule has 0 saturated heterocycles. The highest BCUT2D eigenvalue weighted by Gasteiger charge is 2.22. The lowest BCUT2D eigenvalue weighted by molar-refractivity contribution is 0.610. The maximum Gasteiger partial charge on any atom is 0.150 e. The Kier molecular flexibility index (Phi) is 3.22. The van der Waals surface area contributed by atoms with E-state index in [1.807, 2.05) is 13.0 Å².